The molecule has 1 rings (SSSR count). The molecule has 0 saturated carbocycles. The van der Waals surface area contributed by atoms with Crippen LogP contribution in [0.15, 0.2) is 17.0 Å². The Kier molecular flexibility index (Phi) is 2.56. The second kappa shape index (κ2) is 3.33. The number of aromatic nitrogens is 1. The van der Waals surface area contributed by atoms with E-state index >= 15 is 0 Å². The molecule has 0 atom stereocenters. The van der Waals surface area contributed by atoms with Crippen molar-refractivity contribution in [2.75, 3.05) is 5.75 Å². The summed E-state index contributed by atoms with van der Waals surface area (Å²) in [6.45, 7) is 3.13. The van der Waals surface area contributed by atoms with Crippen LogP contribution in [-0.2, 0) is 9.84 Å². The Morgan fingerprint density at radius 2 is 2.08 bits per heavy atom. The smallest absolute Gasteiger partial charge is 0.211 e. The van der Waals surface area contributed by atoms with Gasteiger partial charge < -0.3 is 5.11 Å². The molecule has 1 aromatic rings. The largest absolute Gasteiger partial charge is 0.493 e. The third-order valence-electron chi connectivity index (χ3n) is 1.74. The maximum atomic E-state index is 11.4. The zero-order chi connectivity index (χ0) is 10.1. The summed E-state index contributed by atoms with van der Waals surface area (Å²) in [7, 11) is -3.22. The minimum absolute atomic E-state index is 0.0420. The summed E-state index contributed by atoms with van der Waals surface area (Å²) in [6, 6.07) is 2.64. The maximum absolute atomic E-state index is 11.4. The van der Waals surface area contributed by atoms with E-state index in [2.05, 4.69) is 4.98 Å². The standard InChI is InChI=1S/C8H11NO3S/c1-3-13(11,12)7-4-5-8(10)9-6(7)2/h4-5H,3H2,1-2H3,(H,9,10). The minimum atomic E-state index is -3.22. The molecule has 4 nitrogen and oxygen atoms in total. The van der Waals surface area contributed by atoms with Crippen LogP contribution in [0.4, 0.5) is 0 Å². The normalized spacial score (nSPS) is 11.5. The van der Waals surface area contributed by atoms with Crippen molar-refractivity contribution >= 4 is 9.84 Å². The topological polar surface area (TPSA) is 67.3 Å². The Morgan fingerprint density at radius 3 is 2.54 bits per heavy atom. The van der Waals surface area contributed by atoms with Crippen LogP contribution in [0.3, 0.4) is 0 Å². The number of nitrogens with zero attached hydrogens (tertiary/aromatic N) is 1. The number of sulfone groups is 1. The predicted octanol–water partition coefficient (Wildman–Crippen LogP) is 0.889. The van der Waals surface area contributed by atoms with Gasteiger partial charge in [0.2, 0.25) is 5.88 Å². The molecule has 0 bridgehead atoms. The lowest BCUT2D eigenvalue weighted by Gasteiger charge is -2.04. The molecule has 0 aliphatic rings. The van der Waals surface area contributed by atoms with Crippen molar-refractivity contribution in [1.29, 1.82) is 0 Å². The summed E-state index contributed by atoms with van der Waals surface area (Å²) in [4.78, 5) is 3.85. The monoisotopic (exact) mass is 201 g/mol. The van der Waals surface area contributed by atoms with Gasteiger partial charge in [-0.1, -0.05) is 6.92 Å². The third-order valence-corrected chi connectivity index (χ3v) is 3.60. The van der Waals surface area contributed by atoms with Crippen molar-refractivity contribution in [1.82, 2.24) is 4.98 Å². The number of aromatic hydroxyl groups is 1. The summed E-state index contributed by atoms with van der Waals surface area (Å²) >= 11 is 0. The van der Waals surface area contributed by atoms with Gasteiger partial charge in [-0.25, -0.2) is 13.4 Å². The summed E-state index contributed by atoms with van der Waals surface area (Å²) in [5.41, 5.74) is 0.335. The highest BCUT2D eigenvalue weighted by atomic mass is 32.2. The predicted molar refractivity (Wildman–Crippen MR) is 48.4 cm³/mol. The van der Waals surface area contributed by atoms with E-state index in [-0.39, 0.29) is 16.5 Å². The fraction of sp³-hybridized carbons (Fsp3) is 0.375. The van der Waals surface area contributed by atoms with E-state index in [9.17, 15) is 8.42 Å². The first-order valence-corrected chi connectivity index (χ1v) is 5.52. The van der Waals surface area contributed by atoms with Gasteiger partial charge in [0.15, 0.2) is 9.84 Å². The molecule has 0 fully saturated rings. The second-order valence-corrected chi connectivity index (χ2v) is 4.90. The van der Waals surface area contributed by atoms with Crippen molar-refractivity contribution in [3.05, 3.63) is 17.8 Å². The highest BCUT2D eigenvalue weighted by Gasteiger charge is 2.15. The quantitative estimate of drug-likeness (QED) is 0.771. The van der Waals surface area contributed by atoms with Gasteiger partial charge in [-0.15, -0.1) is 0 Å². The third kappa shape index (κ3) is 1.98. The maximum Gasteiger partial charge on any atom is 0.211 e. The van der Waals surface area contributed by atoms with Gasteiger partial charge in [-0.05, 0) is 13.0 Å². The second-order valence-electron chi connectivity index (χ2n) is 2.66. The highest BCUT2D eigenvalue weighted by molar-refractivity contribution is 7.91. The lowest BCUT2D eigenvalue weighted by molar-refractivity contribution is 0.450. The molecule has 72 valence electrons. The summed E-state index contributed by atoms with van der Waals surface area (Å²) in [6.07, 6.45) is 0. The van der Waals surface area contributed by atoms with Crippen molar-refractivity contribution < 1.29 is 13.5 Å². The first kappa shape index (κ1) is 9.98. The molecule has 5 heteroatoms. The van der Waals surface area contributed by atoms with E-state index in [0.717, 1.165) is 0 Å². The average molecular weight is 201 g/mol. The zero-order valence-corrected chi connectivity index (χ0v) is 8.30. The number of pyridine rings is 1. The molecule has 0 spiro atoms. The molecule has 0 radical (unpaired) electrons. The van der Waals surface area contributed by atoms with Crippen LogP contribution in [0.2, 0.25) is 0 Å². The van der Waals surface area contributed by atoms with Crippen molar-refractivity contribution in [2.24, 2.45) is 0 Å². The van der Waals surface area contributed by atoms with E-state index in [1.54, 1.807) is 13.8 Å². The molecule has 1 N–H and O–H groups in total. The number of hydrogen-bond donors (Lipinski definition) is 1. The van der Waals surface area contributed by atoms with E-state index in [1.165, 1.54) is 12.1 Å². The Morgan fingerprint density at radius 1 is 1.46 bits per heavy atom. The summed E-state index contributed by atoms with van der Waals surface area (Å²) in [5, 5.41) is 8.97. The zero-order valence-electron chi connectivity index (χ0n) is 7.48. The molecular formula is C8H11NO3S. The SMILES string of the molecule is CCS(=O)(=O)c1ccc(O)nc1C. The van der Waals surface area contributed by atoms with E-state index in [4.69, 9.17) is 5.11 Å². The molecule has 0 amide bonds. The van der Waals surface area contributed by atoms with E-state index in [1.807, 2.05) is 0 Å². The van der Waals surface area contributed by atoms with Crippen LogP contribution in [0.5, 0.6) is 5.88 Å². The first-order chi connectivity index (χ1) is 5.97. The molecular weight excluding hydrogens is 190 g/mol. The molecule has 0 aliphatic carbocycles. The molecule has 0 saturated heterocycles. The van der Waals surface area contributed by atoms with Gasteiger partial charge in [0, 0.05) is 6.07 Å². The van der Waals surface area contributed by atoms with E-state index < -0.39 is 9.84 Å². The van der Waals surface area contributed by atoms with E-state index in [0.29, 0.717) is 5.69 Å². The van der Waals surface area contributed by atoms with Gasteiger partial charge in [0.05, 0.1) is 16.3 Å². The lowest BCUT2D eigenvalue weighted by Crippen LogP contribution is -2.06. The lowest BCUT2D eigenvalue weighted by atomic mass is 10.4. The van der Waals surface area contributed by atoms with Gasteiger partial charge in [0.25, 0.3) is 0 Å². The highest BCUT2D eigenvalue weighted by Crippen LogP contribution is 2.17. The molecule has 0 unspecified atom stereocenters. The Labute approximate surface area is 77.2 Å². The van der Waals surface area contributed by atoms with Crippen LogP contribution < -0.4 is 0 Å². The van der Waals surface area contributed by atoms with Crippen LogP contribution in [-0.4, -0.2) is 24.3 Å². The molecule has 0 aromatic carbocycles. The minimum Gasteiger partial charge on any atom is -0.493 e. The molecule has 1 aromatic heterocycles. The first-order valence-electron chi connectivity index (χ1n) is 3.86. The average Bonchev–Trinajstić information content (AvgIpc) is 2.03. The number of rotatable bonds is 2. The fourth-order valence-electron chi connectivity index (χ4n) is 1.02. The summed E-state index contributed by atoms with van der Waals surface area (Å²) in [5.74, 6) is -0.118. The van der Waals surface area contributed by atoms with Crippen LogP contribution >= 0.6 is 0 Å². The Balaban J connectivity index is 3.33. The molecule has 0 aliphatic heterocycles. The van der Waals surface area contributed by atoms with Crippen molar-refractivity contribution in [3.8, 4) is 5.88 Å². The number of hydrogen-bond acceptors (Lipinski definition) is 4. The molecule has 1 heterocycles. The van der Waals surface area contributed by atoms with Gasteiger partial charge >= 0.3 is 0 Å². The fourth-order valence-corrected chi connectivity index (χ4v) is 2.10. The van der Waals surface area contributed by atoms with Crippen molar-refractivity contribution in [3.63, 3.8) is 0 Å². The van der Waals surface area contributed by atoms with Crippen LogP contribution in [0, 0.1) is 6.92 Å². The van der Waals surface area contributed by atoms with Crippen molar-refractivity contribution in [2.45, 2.75) is 18.7 Å². The van der Waals surface area contributed by atoms with Crippen LogP contribution in [0.1, 0.15) is 12.6 Å². The van der Waals surface area contributed by atoms with Gasteiger partial charge in [0.1, 0.15) is 0 Å². The van der Waals surface area contributed by atoms with Gasteiger partial charge in [-0.2, -0.15) is 0 Å². The van der Waals surface area contributed by atoms with Crippen LogP contribution in [0.25, 0.3) is 0 Å². The molecule has 13 heavy (non-hydrogen) atoms. The Bertz CT molecular complexity index is 411. The summed E-state index contributed by atoms with van der Waals surface area (Å²) < 4.78 is 22.8. The Hall–Kier alpha value is -1.10. The number of aryl methyl sites for hydroxylation is 1. The van der Waals surface area contributed by atoms with Gasteiger partial charge in [-0.3, -0.25) is 0 Å².